The van der Waals surface area contributed by atoms with Gasteiger partial charge >= 0.3 is 0 Å². The Kier molecular flexibility index (Phi) is 4.54. The van der Waals surface area contributed by atoms with Gasteiger partial charge in [-0.1, -0.05) is 13.3 Å². The molecule has 0 saturated heterocycles. The summed E-state index contributed by atoms with van der Waals surface area (Å²) in [5.41, 5.74) is 1.62. The maximum absolute atomic E-state index is 11.2. The fraction of sp³-hybridized carbons (Fsp3) is 0.500. The summed E-state index contributed by atoms with van der Waals surface area (Å²) in [7, 11) is 0. The van der Waals surface area contributed by atoms with E-state index in [1.54, 1.807) is 0 Å². The molecule has 1 unspecified atom stereocenters. The third-order valence-corrected chi connectivity index (χ3v) is 3.12. The van der Waals surface area contributed by atoms with Crippen molar-refractivity contribution in [2.75, 3.05) is 0 Å². The van der Waals surface area contributed by atoms with Crippen molar-refractivity contribution in [2.24, 2.45) is 0 Å². The van der Waals surface area contributed by atoms with E-state index in [1.807, 2.05) is 6.92 Å². The van der Waals surface area contributed by atoms with Crippen molar-refractivity contribution in [3.8, 4) is 0 Å². The summed E-state index contributed by atoms with van der Waals surface area (Å²) < 4.78 is 0.761. The molecule has 0 spiro atoms. The number of rotatable bonds is 3. The minimum Gasteiger partial charge on any atom is -0.388 e. The van der Waals surface area contributed by atoms with Gasteiger partial charge < -0.3 is 5.11 Å². The Morgan fingerprint density at radius 3 is 2.79 bits per heavy atom. The van der Waals surface area contributed by atoms with E-state index in [4.69, 9.17) is 0 Å². The summed E-state index contributed by atoms with van der Waals surface area (Å²) in [5, 5.41) is 9.79. The van der Waals surface area contributed by atoms with Crippen LogP contribution in [-0.2, 0) is 4.79 Å². The van der Waals surface area contributed by atoms with Crippen LogP contribution in [0.15, 0.2) is 20.6 Å². The molecule has 0 aromatic heterocycles. The van der Waals surface area contributed by atoms with Crippen molar-refractivity contribution in [3.05, 3.63) is 20.6 Å². The fourth-order valence-corrected chi connectivity index (χ4v) is 2.23. The lowest BCUT2D eigenvalue weighted by atomic mass is 10.0. The monoisotopic (exact) mass is 322 g/mol. The van der Waals surface area contributed by atoms with Gasteiger partial charge in [0, 0.05) is 6.42 Å². The third-order valence-electron chi connectivity index (χ3n) is 2.17. The van der Waals surface area contributed by atoms with E-state index in [0.717, 1.165) is 21.0 Å². The lowest BCUT2D eigenvalue weighted by molar-refractivity contribution is -0.113. The predicted molar refractivity (Wildman–Crippen MR) is 63.5 cm³/mol. The van der Waals surface area contributed by atoms with E-state index in [0.29, 0.717) is 12.8 Å². The Hall–Kier alpha value is 0.0700. The first kappa shape index (κ1) is 12.1. The quantitative estimate of drug-likeness (QED) is 0.866. The van der Waals surface area contributed by atoms with Crippen molar-refractivity contribution < 1.29 is 9.90 Å². The second-order valence-corrected chi connectivity index (χ2v) is 5.94. The highest BCUT2D eigenvalue weighted by Gasteiger charge is 2.25. The third kappa shape index (κ3) is 2.78. The number of hydrogen-bond acceptors (Lipinski definition) is 2. The molecule has 0 aromatic rings. The van der Waals surface area contributed by atoms with E-state index in [2.05, 4.69) is 31.9 Å². The molecule has 78 valence electrons. The highest BCUT2D eigenvalue weighted by atomic mass is 79.9. The molecule has 0 fully saturated rings. The zero-order valence-corrected chi connectivity index (χ0v) is 11.1. The summed E-state index contributed by atoms with van der Waals surface area (Å²) in [6.07, 6.45) is 2.99. The molecular weight excluding hydrogens is 312 g/mol. The Balaban J connectivity index is 2.90. The number of halogens is 2. The van der Waals surface area contributed by atoms with Gasteiger partial charge in [-0.3, -0.25) is 4.79 Å². The second-order valence-electron chi connectivity index (χ2n) is 3.29. The number of carbonyl (C=O) groups is 1. The molecular formula is C10H12Br2O2. The molecule has 0 amide bonds. The largest absolute Gasteiger partial charge is 0.388 e. The van der Waals surface area contributed by atoms with Crippen molar-refractivity contribution in [3.63, 3.8) is 0 Å². The average molecular weight is 324 g/mol. The van der Waals surface area contributed by atoms with Gasteiger partial charge in [-0.15, -0.1) is 0 Å². The SMILES string of the molecule is CCCC(O)C1=CC(=O)CC1=C(Br)Br. The molecule has 14 heavy (non-hydrogen) atoms. The number of allylic oxidation sites excluding steroid dienone is 1. The summed E-state index contributed by atoms with van der Waals surface area (Å²) >= 11 is 6.56. The van der Waals surface area contributed by atoms with Crippen molar-refractivity contribution in [1.29, 1.82) is 0 Å². The molecule has 1 aliphatic carbocycles. The Morgan fingerprint density at radius 2 is 2.29 bits per heavy atom. The van der Waals surface area contributed by atoms with Crippen molar-refractivity contribution in [2.45, 2.75) is 32.3 Å². The first-order chi connectivity index (χ1) is 6.56. The number of ketones is 1. The van der Waals surface area contributed by atoms with Gasteiger partial charge in [0.1, 0.15) is 0 Å². The zero-order chi connectivity index (χ0) is 10.7. The van der Waals surface area contributed by atoms with Gasteiger partial charge in [0.05, 0.1) is 9.50 Å². The van der Waals surface area contributed by atoms with Crippen LogP contribution in [-0.4, -0.2) is 17.0 Å². The molecule has 0 saturated carbocycles. The lowest BCUT2D eigenvalue weighted by Gasteiger charge is -2.12. The first-order valence-electron chi connectivity index (χ1n) is 4.53. The smallest absolute Gasteiger partial charge is 0.160 e. The molecule has 0 aromatic carbocycles. The normalized spacial score (nSPS) is 18.4. The van der Waals surface area contributed by atoms with Crippen molar-refractivity contribution >= 4 is 37.6 Å². The summed E-state index contributed by atoms with van der Waals surface area (Å²) in [6.45, 7) is 2.01. The summed E-state index contributed by atoms with van der Waals surface area (Å²) in [5.74, 6) is 0.0570. The number of aliphatic hydroxyl groups is 1. The van der Waals surface area contributed by atoms with Crippen LogP contribution < -0.4 is 0 Å². The maximum atomic E-state index is 11.2. The molecule has 1 aliphatic rings. The van der Waals surface area contributed by atoms with Gasteiger partial charge in [-0.25, -0.2) is 0 Å². The van der Waals surface area contributed by atoms with Gasteiger partial charge in [-0.2, -0.15) is 0 Å². The molecule has 0 radical (unpaired) electrons. The molecule has 1 atom stereocenters. The number of hydrogen-bond donors (Lipinski definition) is 1. The molecule has 0 bridgehead atoms. The van der Waals surface area contributed by atoms with Crippen LogP contribution in [0.5, 0.6) is 0 Å². The predicted octanol–water partition coefficient (Wildman–Crippen LogP) is 3.05. The number of carbonyl (C=O) groups excluding carboxylic acids is 1. The van der Waals surface area contributed by atoms with Crippen molar-refractivity contribution in [1.82, 2.24) is 0 Å². The van der Waals surface area contributed by atoms with E-state index < -0.39 is 6.10 Å². The van der Waals surface area contributed by atoms with E-state index in [-0.39, 0.29) is 5.78 Å². The molecule has 0 aliphatic heterocycles. The summed E-state index contributed by atoms with van der Waals surface area (Å²) in [4.78, 5) is 11.2. The number of aliphatic hydroxyl groups excluding tert-OH is 1. The van der Waals surface area contributed by atoms with Crippen LogP contribution in [0, 0.1) is 0 Å². The van der Waals surface area contributed by atoms with Crippen LogP contribution in [0.4, 0.5) is 0 Å². The van der Waals surface area contributed by atoms with Crippen LogP contribution in [0.3, 0.4) is 0 Å². The van der Waals surface area contributed by atoms with E-state index in [9.17, 15) is 9.90 Å². The molecule has 1 N–H and O–H groups in total. The van der Waals surface area contributed by atoms with E-state index >= 15 is 0 Å². The Bertz CT molecular complexity index is 301. The molecule has 2 nitrogen and oxygen atoms in total. The zero-order valence-electron chi connectivity index (χ0n) is 7.89. The fourth-order valence-electron chi connectivity index (χ4n) is 1.49. The highest BCUT2D eigenvalue weighted by Crippen LogP contribution is 2.34. The van der Waals surface area contributed by atoms with Crippen LogP contribution in [0.25, 0.3) is 0 Å². The second kappa shape index (κ2) is 5.24. The van der Waals surface area contributed by atoms with Gasteiger partial charge in [0.15, 0.2) is 5.78 Å². The summed E-state index contributed by atoms with van der Waals surface area (Å²) in [6, 6.07) is 0. The topological polar surface area (TPSA) is 37.3 Å². The molecule has 0 heterocycles. The molecule has 1 rings (SSSR count). The van der Waals surface area contributed by atoms with Crippen LogP contribution in [0.1, 0.15) is 26.2 Å². The van der Waals surface area contributed by atoms with Gasteiger partial charge in [0.25, 0.3) is 0 Å². The van der Waals surface area contributed by atoms with Gasteiger partial charge in [-0.05, 0) is 55.5 Å². The molecule has 4 heteroatoms. The minimum absolute atomic E-state index is 0.0570. The highest BCUT2D eigenvalue weighted by molar-refractivity contribution is 9.28. The minimum atomic E-state index is -0.522. The van der Waals surface area contributed by atoms with E-state index in [1.165, 1.54) is 6.08 Å². The first-order valence-corrected chi connectivity index (χ1v) is 6.11. The van der Waals surface area contributed by atoms with Gasteiger partial charge in [0.2, 0.25) is 0 Å². The van der Waals surface area contributed by atoms with Crippen LogP contribution >= 0.6 is 31.9 Å². The average Bonchev–Trinajstić information content (AvgIpc) is 2.48. The lowest BCUT2D eigenvalue weighted by Crippen LogP contribution is -2.09. The Labute approximate surface area is 100 Å². The van der Waals surface area contributed by atoms with Crippen LogP contribution in [0.2, 0.25) is 0 Å². The standard InChI is InChI=1S/C10H12Br2O2/c1-2-3-9(14)7-4-6(13)5-8(7)10(11)12/h4,9,14H,2-3,5H2,1H3. The maximum Gasteiger partial charge on any atom is 0.160 e. The Morgan fingerprint density at radius 1 is 1.64 bits per heavy atom.